The van der Waals surface area contributed by atoms with Crippen LogP contribution in [0.5, 0.6) is 0 Å². The Labute approximate surface area is 181 Å². The zero-order chi connectivity index (χ0) is 21.3. The normalized spacial score (nSPS) is 10.6. The molecule has 3 aromatic rings. The van der Waals surface area contributed by atoms with Crippen molar-refractivity contribution in [3.63, 3.8) is 0 Å². The van der Waals surface area contributed by atoms with Crippen LogP contribution in [0.1, 0.15) is 17.2 Å². The second-order valence-corrected chi connectivity index (χ2v) is 7.32. The second kappa shape index (κ2) is 10.6. The Balaban J connectivity index is 1.59. The predicted octanol–water partition coefficient (Wildman–Crippen LogP) is 4.12. The molecule has 3 aromatic carbocycles. The minimum absolute atomic E-state index is 0.0624. The van der Waals surface area contributed by atoms with Gasteiger partial charge < -0.3 is 10.2 Å². The summed E-state index contributed by atoms with van der Waals surface area (Å²) >= 11 is 6.06. The Hall–Kier alpha value is -3.15. The van der Waals surface area contributed by atoms with Gasteiger partial charge in [-0.05, 0) is 23.3 Å². The van der Waals surface area contributed by atoms with Gasteiger partial charge in [0.25, 0.3) is 0 Å². The van der Waals surface area contributed by atoms with Crippen molar-refractivity contribution in [2.45, 2.75) is 6.04 Å². The largest absolute Gasteiger partial charge is 0.335 e. The molecule has 0 atom stereocenters. The van der Waals surface area contributed by atoms with Crippen LogP contribution in [0.25, 0.3) is 0 Å². The van der Waals surface area contributed by atoms with Crippen LogP contribution in [-0.4, -0.2) is 36.9 Å². The van der Waals surface area contributed by atoms with Crippen LogP contribution in [0.4, 0.5) is 5.69 Å². The van der Waals surface area contributed by atoms with Crippen molar-refractivity contribution < 1.29 is 9.59 Å². The van der Waals surface area contributed by atoms with E-state index < -0.39 is 0 Å². The van der Waals surface area contributed by atoms with E-state index in [9.17, 15) is 9.59 Å². The highest BCUT2D eigenvalue weighted by molar-refractivity contribution is 6.33. The monoisotopic (exact) mass is 421 g/mol. The van der Waals surface area contributed by atoms with Crippen LogP contribution in [-0.2, 0) is 9.59 Å². The molecule has 0 aliphatic rings. The molecule has 0 unspecified atom stereocenters. The maximum absolute atomic E-state index is 12.6. The van der Waals surface area contributed by atoms with Gasteiger partial charge in [0.1, 0.15) is 0 Å². The molecule has 3 rings (SSSR count). The van der Waals surface area contributed by atoms with Gasteiger partial charge in [-0.2, -0.15) is 0 Å². The lowest BCUT2D eigenvalue weighted by Gasteiger charge is -2.22. The molecular weight excluding hydrogens is 398 g/mol. The summed E-state index contributed by atoms with van der Waals surface area (Å²) in [5.41, 5.74) is 2.66. The highest BCUT2D eigenvalue weighted by Crippen LogP contribution is 2.22. The van der Waals surface area contributed by atoms with Crippen LogP contribution in [0.3, 0.4) is 0 Å². The molecule has 0 spiro atoms. The van der Waals surface area contributed by atoms with Crippen LogP contribution in [0.15, 0.2) is 84.9 Å². The highest BCUT2D eigenvalue weighted by Gasteiger charge is 2.18. The van der Waals surface area contributed by atoms with Gasteiger partial charge >= 0.3 is 0 Å². The first-order valence-electron chi connectivity index (χ1n) is 9.66. The number of anilines is 1. The van der Waals surface area contributed by atoms with Gasteiger partial charge in [0, 0.05) is 7.05 Å². The van der Waals surface area contributed by atoms with Gasteiger partial charge in [-0.15, -0.1) is 0 Å². The molecule has 0 saturated heterocycles. The van der Waals surface area contributed by atoms with Crippen molar-refractivity contribution >= 4 is 29.1 Å². The van der Waals surface area contributed by atoms with E-state index >= 15 is 0 Å². The molecule has 0 aliphatic carbocycles. The van der Waals surface area contributed by atoms with Crippen LogP contribution >= 0.6 is 11.6 Å². The zero-order valence-corrected chi connectivity index (χ0v) is 17.5. The number of para-hydroxylation sites is 1. The molecule has 2 N–H and O–H groups in total. The van der Waals surface area contributed by atoms with Crippen molar-refractivity contribution in [2.24, 2.45) is 0 Å². The molecule has 6 heteroatoms. The Morgan fingerprint density at radius 1 is 0.867 bits per heavy atom. The molecule has 0 aliphatic heterocycles. The van der Waals surface area contributed by atoms with E-state index in [0.29, 0.717) is 10.7 Å². The topological polar surface area (TPSA) is 61.4 Å². The van der Waals surface area contributed by atoms with Gasteiger partial charge in [-0.25, -0.2) is 0 Å². The summed E-state index contributed by atoms with van der Waals surface area (Å²) < 4.78 is 0. The SMILES string of the molecule is CN(CC(=O)Nc1ccccc1Cl)C(=O)CNC(c1ccccc1)c1ccccc1. The third-order valence-corrected chi connectivity index (χ3v) is 5.01. The van der Waals surface area contributed by atoms with Crippen molar-refractivity contribution in [3.05, 3.63) is 101 Å². The number of carbonyl (C=O) groups excluding carboxylic acids is 2. The van der Waals surface area contributed by atoms with E-state index in [2.05, 4.69) is 10.6 Å². The fraction of sp³-hybridized carbons (Fsp3) is 0.167. The van der Waals surface area contributed by atoms with Crippen molar-refractivity contribution in [3.8, 4) is 0 Å². The lowest BCUT2D eigenvalue weighted by molar-refractivity contribution is -0.132. The Morgan fingerprint density at radius 3 is 1.97 bits per heavy atom. The van der Waals surface area contributed by atoms with E-state index in [1.54, 1.807) is 31.3 Å². The summed E-state index contributed by atoms with van der Waals surface area (Å²) in [5.74, 6) is -0.484. The van der Waals surface area contributed by atoms with Gasteiger partial charge in [-0.1, -0.05) is 84.4 Å². The second-order valence-electron chi connectivity index (χ2n) is 6.91. The molecule has 0 saturated carbocycles. The van der Waals surface area contributed by atoms with Crippen molar-refractivity contribution in [1.29, 1.82) is 0 Å². The fourth-order valence-corrected chi connectivity index (χ4v) is 3.28. The van der Waals surface area contributed by atoms with Crippen LogP contribution in [0, 0.1) is 0 Å². The third-order valence-electron chi connectivity index (χ3n) is 4.68. The molecular formula is C24H24ClN3O2. The Kier molecular flexibility index (Phi) is 7.60. The Morgan fingerprint density at radius 2 is 1.40 bits per heavy atom. The summed E-state index contributed by atoms with van der Waals surface area (Å²) in [5, 5.41) is 6.50. The molecule has 0 radical (unpaired) electrons. The van der Waals surface area contributed by atoms with Gasteiger partial charge in [-0.3, -0.25) is 14.9 Å². The number of carbonyl (C=O) groups is 2. The van der Waals surface area contributed by atoms with Crippen molar-refractivity contribution in [1.82, 2.24) is 10.2 Å². The van der Waals surface area contributed by atoms with E-state index in [-0.39, 0.29) is 30.9 Å². The third kappa shape index (κ3) is 5.92. The number of nitrogens with zero attached hydrogens (tertiary/aromatic N) is 1. The molecule has 5 nitrogen and oxygen atoms in total. The standard InChI is InChI=1S/C24H24ClN3O2/c1-28(17-22(29)27-21-15-9-8-14-20(21)25)23(30)16-26-24(18-10-4-2-5-11-18)19-12-6-3-7-13-19/h2-15,24,26H,16-17H2,1H3,(H,27,29). The number of amides is 2. The summed E-state index contributed by atoms with van der Waals surface area (Å²) in [4.78, 5) is 26.3. The number of benzene rings is 3. The number of hydrogen-bond acceptors (Lipinski definition) is 3. The maximum atomic E-state index is 12.6. The first kappa shape index (κ1) is 21.6. The highest BCUT2D eigenvalue weighted by atomic mass is 35.5. The van der Waals surface area contributed by atoms with E-state index in [1.807, 2.05) is 60.7 Å². The Bertz CT molecular complexity index is 941. The van der Waals surface area contributed by atoms with E-state index in [0.717, 1.165) is 11.1 Å². The van der Waals surface area contributed by atoms with Gasteiger partial charge in [0.05, 0.1) is 29.8 Å². The summed E-state index contributed by atoms with van der Waals surface area (Å²) in [6, 6.07) is 26.8. The maximum Gasteiger partial charge on any atom is 0.244 e. The summed E-state index contributed by atoms with van der Waals surface area (Å²) in [6.07, 6.45) is 0. The van der Waals surface area contributed by atoms with Crippen molar-refractivity contribution in [2.75, 3.05) is 25.5 Å². The van der Waals surface area contributed by atoms with E-state index in [1.165, 1.54) is 4.90 Å². The lowest BCUT2D eigenvalue weighted by Crippen LogP contribution is -2.41. The zero-order valence-electron chi connectivity index (χ0n) is 16.7. The average Bonchev–Trinajstić information content (AvgIpc) is 2.77. The average molecular weight is 422 g/mol. The van der Waals surface area contributed by atoms with Gasteiger partial charge in [0.15, 0.2) is 0 Å². The van der Waals surface area contributed by atoms with Crippen LogP contribution in [0.2, 0.25) is 5.02 Å². The quantitative estimate of drug-likeness (QED) is 0.575. The molecule has 0 aromatic heterocycles. The number of halogens is 1. The molecule has 2 amide bonds. The molecule has 154 valence electrons. The number of rotatable bonds is 8. The predicted molar refractivity (Wildman–Crippen MR) is 120 cm³/mol. The molecule has 0 bridgehead atoms. The minimum Gasteiger partial charge on any atom is -0.335 e. The number of nitrogens with one attached hydrogen (secondary N) is 2. The van der Waals surface area contributed by atoms with Gasteiger partial charge in [0.2, 0.25) is 11.8 Å². The number of hydrogen-bond donors (Lipinski definition) is 2. The number of likely N-dealkylation sites (N-methyl/N-ethyl adjacent to an activating group) is 1. The fourth-order valence-electron chi connectivity index (χ4n) is 3.10. The lowest BCUT2D eigenvalue weighted by atomic mass is 9.99. The van der Waals surface area contributed by atoms with Crippen LogP contribution < -0.4 is 10.6 Å². The van der Waals surface area contributed by atoms with E-state index in [4.69, 9.17) is 11.6 Å². The smallest absolute Gasteiger partial charge is 0.244 e. The first-order valence-corrected chi connectivity index (χ1v) is 10.0. The first-order chi connectivity index (χ1) is 14.5. The molecule has 30 heavy (non-hydrogen) atoms. The summed E-state index contributed by atoms with van der Waals surface area (Å²) in [6.45, 7) is 0.0391. The minimum atomic E-state index is -0.304. The summed E-state index contributed by atoms with van der Waals surface area (Å²) in [7, 11) is 1.61. The molecule has 0 heterocycles. The molecule has 0 fully saturated rings.